The molecule has 1 aromatic heterocycles. The first-order chi connectivity index (χ1) is 10.1. The number of rotatable bonds is 2. The number of nitrogens with one attached hydrogen (secondary N) is 2. The average molecular weight is 347 g/mol. The van der Waals surface area contributed by atoms with Gasteiger partial charge in [0, 0.05) is 28.9 Å². The van der Waals surface area contributed by atoms with Crippen LogP contribution in [0.25, 0.3) is 10.9 Å². The number of nitrogens with zero attached hydrogens (tertiary/aromatic N) is 2. The molecule has 21 heavy (non-hydrogen) atoms. The topological polar surface area (TPSA) is 83.5 Å². The molecule has 2 N–H and O–H groups in total. The quantitative estimate of drug-likeness (QED) is 0.874. The number of benzene rings is 1. The van der Waals surface area contributed by atoms with Crippen LogP contribution in [0.5, 0.6) is 0 Å². The van der Waals surface area contributed by atoms with Gasteiger partial charge in [-0.25, -0.2) is 5.43 Å². The summed E-state index contributed by atoms with van der Waals surface area (Å²) in [6.45, 7) is 0. The van der Waals surface area contributed by atoms with Crippen LogP contribution in [0.1, 0.15) is 12.8 Å². The summed E-state index contributed by atoms with van der Waals surface area (Å²) < 4.78 is 0.873. The van der Waals surface area contributed by atoms with Crippen LogP contribution in [0.4, 0.5) is 5.69 Å². The highest BCUT2D eigenvalue weighted by Crippen LogP contribution is 2.24. The molecule has 6 nitrogen and oxygen atoms in total. The van der Waals surface area contributed by atoms with E-state index in [9.17, 15) is 9.59 Å². The lowest BCUT2D eigenvalue weighted by molar-refractivity contribution is -0.121. The van der Waals surface area contributed by atoms with Crippen LogP contribution in [0.2, 0.25) is 0 Å². The zero-order valence-corrected chi connectivity index (χ0v) is 12.5. The number of pyridine rings is 1. The van der Waals surface area contributed by atoms with Crippen molar-refractivity contribution in [2.45, 2.75) is 12.8 Å². The molecule has 0 saturated carbocycles. The van der Waals surface area contributed by atoms with E-state index < -0.39 is 0 Å². The minimum atomic E-state index is -0.327. The van der Waals surface area contributed by atoms with E-state index in [1.54, 1.807) is 12.3 Å². The second-order valence-electron chi connectivity index (χ2n) is 4.58. The molecule has 0 unspecified atom stereocenters. The Morgan fingerprint density at radius 3 is 2.95 bits per heavy atom. The number of fused-ring (bicyclic) bond motifs is 1. The molecule has 0 spiro atoms. The van der Waals surface area contributed by atoms with Gasteiger partial charge in [0.2, 0.25) is 5.91 Å². The van der Waals surface area contributed by atoms with E-state index in [0.717, 1.165) is 9.86 Å². The van der Waals surface area contributed by atoms with Crippen LogP contribution in [0.3, 0.4) is 0 Å². The van der Waals surface area contributed by atoms with E-state index >= 15 is 0 Å². The number of aromatic nitrogens is 1. The fourth-order valence-corrected chi connectivity index (χ4v) is 2.42. The van der Waals surface area contributed by atoms with Crippen molar-refractivity contribution in [3.8, 4) is 0 Å². The molecule has 7 heteroatoms. The zero-order valence-electron chi connectivity index (χ0n) is 10.9. The molecule has 2 amide bonds. The Morgan fingerprint density at radius 1 is 1.33 bits per heavy atom. The number of hydrogen-bond acceptors (Lipinski definition) is 4. The Bertz CT molecular complexity index is 773. The van der Waals surface area contributed by atoms with Crippen LogP contribution in [0, 0.1) is 0 Å². The van der Waals surface area contributed by atoms with Crippen molar-refractivity contribution in [1.82, 2.24) is 10.4 Å². The first-order valence-corrected chi connectivity index (χ1v) is 7.14. The van der Waals surface area contributed by atoms with Crippen LogP contribution in [0.15, 0.2) is 40.0 Å². The predicted octanol–water partition coefficient (Wildman–Crippen LogP) is 2.20. The fraction of sp³-hybridized carbons (Fsp3) is 0.143. The number of carbonyl (C=O) groups is 2. The third kappa shape index (κ3) is 2.92. The highest BCUT2D eigenvalue weighted by molar-refractivity contribution is 9.10. The van der Waals surface area contributed by atoms with Gasteiger partial charge >= 0.3 is 0 Å². The van der Waals surface area contributed by atoms with Crippen LogP contribution < -0.4 is 10.7 Å². The molecule has 0 radical (unpaired) electrons. The normalized spacial score (nSPS) is 14.5. The van der Waals surface area contributed by atoms with E-state index in [1.807, 2.05) is 18.2 Å². The highest BCUT2D eigenvalue weighted by Gasteiger charge is 2.19. The van der Waals surface area contributed by atoms with Gasteiger partial charge in [-0.15, -0.1) is 0 Å². The number of para-hydroxylation sites is 1. The van der Waals surface area contributed by atoms with E-state index in [1.165, 1.54) is 0 Å². The summed E-state index contributed by atoms with van der Waals surface area (Å²) >= 11 is 3.37. The lowest BCUT2D eigenvalue weighted by Gasteiger charge is -2.12. The number of carbonyl (C=O) groups excluding carboxylic acids is 2. The summed E-state index contributed by atoms with van der Waals surface area (Å²) in [5.74, 6) is -0.504. The Balaban J connectivity index is 1.88. The Labute approximate surface area is 128 Å². The van der Waals surface area contributed by atoms with Crippen LogP contribution in [-0.2, 0) is 9.59 Å². The van der Waals surface area contributed by atoms with Gasteiger partial charge in [-0.1, -0.05) is 12.1 Å². The molecular formula is C14H11BrN4O2. The number of hydrazone groups is 1. The molecule has 0 fully saturated rings. The maximum absolute atomic E-state index is 12.2. The first kappa shape index (κ1) is 13.7. The van der Waals surface area contributed by atoms with Crippen molar-refractivity contribution in [3.63, 3.8) is 0 Å². The number of hydrogen-bond donors (Lipinski definition) is 2. The van der Waals surface area contributed by atoms with Gasteiger partial charge in [0.1, 0.15) is 5.71 Å². The first-order valence-electron chi connectivity index (χ1n) is 6.34. The SMILES string of the molecule is O=C1CCC(C(=O)Nc2cccc3cc(Br)cnc23)=NN1. The molecule has 1 aromatic carbocycles. The summed E-state index contributed by atoms with van der Waals surface area (Å²) in [4.78, 5) is 27.5. The smallest absolute Gasteiger partial charge is 0.271 e. The molecular weight excluding hydrogens is 336 g/mol. The summed E-state index contributed by atoms with van der Waals surface area (Å²) in [7, 11) is 0. The van der Waals surface area contributed by atoms with Crippen LogP contribution in [-0.4, -0.2) is 22.5 Å². The molecule has 0 atom stereocenters. The lowest BCUT2D eigenvalue weighted by atomic mass is 10.1. The highest BCUT2D eigenvalue weighted by atomic mass is 79.9. The maximum Gasteiger partial charge on any atom is 0.271 e. The predicted molar refractivity (Wildman–Crippen MR) is 82.9 cm³/mol. The third-order valence-electron chi connectivity index (χ3n) is 3.09. The molecule has 3 rings (SSSR count). The Morgan fingerprint density at radius 2 is 2.19 bits per heavy atom. The summed E-state index contributed by atoms with van der Waals surface area (Å²) in [5.41, 5.74) is 3.94. The number of halogens is 1. The molecule has 106 valence electrons. The van der Waals surface area contributed by atoms with E-state index in [4.69, 9.17) is 0 Å². The average Bonchev–Trinajstić information content (AvgIpc) is 2.47. The largest absolute Gasteiger partial charge is 0.319 e. The van der Waals surface area contributed by atoms with Gasteiger partial charge in [0.15, 0.2) is 0 Å². The van der Waals surface area contributed by atoms with Crippen molar-refractivity contribution in [3.05, 3.63) is 34.9 Å². The minimum Gasteiger partial charge on any atom is -0.319 e. The zero-order chi connectivity index (χ0) is 14.8. The van der Waals surface area contributed by atoms with Gasteiger partial charge in [-0.2, -0.15) is 5.10 Å². The van der Waals surface area contributed by atoms with E-state index in [0.29, 0.717) is 23.3 Å². The molecule has 1 aliphatic heterocycles. The number of anilines is 1. The minimum absolute atomic E-state index is 0.178. The second kappa shape index (κ2) is 5.61. The lowest BCUT2D eigenvalue weighted by Crippen LogP contribution is -2.32. The van der Waals surface area contributed by atoms with Gasteiger partial charge in [0.05, 0.1) is 11.2 Å². The van der Waals surface area contributed by atoms with Crippen molar-refractivity contribution < 1.29 is 9.59 Å². The maximum atomic E-state index is 12.2. The molecule has 1 aliphatic rings. The number of amides is 2. The van der Waals surface area contributed by atoms with Gasteiger partial charge in [0.25, 0.3) is 5.91 Å². The van der Waals surface area contributed by atoms with Gasteiger partial charge in [-0.3, -0.25) is 14.6 Å². The van der Waals surface area contributed by atoms with E-state index in [-0.39, 0.29) is 18.2 Å². The Hall–Kier alpha value is -2.28. The van der Waals surface area contributed by atoms with Crippen LogP contribution >= 0.6 is 15.9 Å². The van der Waals surface area contributed by atoms with E-state index in [2.05, 4.69) is 36.8 Å². The van der Waals surface area contributed by atoms with Gasteiger partial charge < -0.3 is 5.32 Å². The molecule has 0 bridgehead atoms. The second-order valence-corrected chi connectivity index (χ2v) is 5.49. The van der Waals surface area contributed by atoms with Crippen molar-refractivity contribution in [2.75, 3.05) is 5.32 Å². The summed E-state index contributed by atoms with van der Waals surface area (Å²) in [5, 5.41) is 7.49. The van der Waals surface area contributed by atoms with Crippen molar-refractivity contribution >= 4 is 50.0 Å². The monoisotopic (exact) mass is 346 g/mol. The van der Waals surface area contributed by atoms with Crippen molar-refractivity contribution in [2.24, 2.45) is 5.10 Å². The molecule has 2 aromatic rings. The molecule has 0 aliphatic carbocycles. The van der Waals surface area contributed by atoms with Crippen molar-refractivity contribution in [1.29, 1.82) is 0 Å². The summed E-state index contributed by atoms with van der Waals surface area (Å²) in [6, 6.07) is 7.47. The van der Waals surface area contributed by atoms with Gasteiger partial charge in [-0.05, 0) is 28.1 Å². The fourth-order valence-electron chi connectivity index (χ4n) is 2.07. The standard InChI is InChI=1S/C14H11BrN4O2/c15-9-6-8-2-1-3-10(13(8)16-7-9)17-14(21)11-4-5-12(20)19-18-11/h1-3,6-7H,4-5H2,(H,17,21)(H,19,20). The Kier molecular flexibility index (Phi) is 3.66. The summed E-state index contributed by atoms with van der Waals surface area (Å²) in [6.07, 6.45) is 2.28. The molecule has 2 heterocycles. The molecule has 0 saturated heterocycles. The third-order valence-corrected chi connectivity index (χ3v) is 3.53.